The normalized spacial score (nSPS) is 10.5. The number of aromatic nitrogens is 2. The van der Waals surface area contributed by atoms with Gasteiger partial charge in [0, 0.05) is 35.8 Å². The Morgan fingerprint density at radius 3 is 2.84 bits per heavy atom. The largest absolute Gasteiger partial charge is 0.506 e. The first-order valence-corrected chi connectivity index (χ1v) is 6.12. The second-order valence-electron chi connectivity index (χ2n) is 4.07. The Bertz CT molecular complexity index is 590. The number of halogens is 1. The average molecular weight is 280 g/mol. The molecule has 0 aliphatic heterocycles. The molecule has 2 aromatic heterocycles. The first-order valence-electron chi connectivity index (χ1n) is 5.74. The molecule has 0 fully saturated rings. The molecular weight excluding hydrogens is 266 g/mol. The van der Waals surface area contributed by atoms with E-state index in [2.05, 4.69) is 15.3 Å². The number of hydrogen-bond acceptors (Lipinski definition) is 5. The number of aliphatic hydroxyl groups is 1. The maximum absolute atomic E-state index is 9.99. The molecule has 0 aliphatic carbocycles. The lowest BCUT2D eigenvalue weighted by atomic mass is 10.1. The Labute approximate surface area is 115 Å². The van der Waals surface area contributed by atoms with Crippen molar-refractivity contribution in [2.45, 2.75) is 20.1 Å². The number of hydrogen-bond donors (Lipinski definition) is 3. The number of nitrogens with zero attached hydrogens (tertiary/aromatic N) is 2. The molecule has 0 saturated carbocycles. The molecule has 0 radical (unpaired) electrons. The standard InChI is InChI=1S/C13H14ClN3O2/c1-8-13(19)11(9(7-18)5-16-8)6-17-10-2-3-15-12(14)4-10/h2-5,18-19H,6-7H2,1H3,(H,15,17). The highest BCUT2D eigenvalue weighted by Gasteiger charge is 2.11. The maximum Gasteiger partial charge on any atom is 0.142 e. The van der Waals surface area contributed by atoms with Gasteiger partial charge in [0.2, 0.25) is 0 Å². The van der Waals surface area contributed by atoms with Crippen molar-refractivity contribution >= 4 is 17.3 Å². The molecule has 2 heterocycles. The summed E-state index contributed by atoms with van der Waals surface area (Å²) in [7, 11) is 0. The van der Waals surface area contributed by atoms with Crippen LogP contribution in [0.3, 0.4) is 0 Å². The summed E-state index contributed by atoms with van der Waals surface area (Å²) in [5.41, 5.74) is 2.54. The van der Waals surface area contributed by atoms with E-state index in [0.717, 1.165) is 5.69 Å². The van der Waals surface area contributed by atoms with Crippen LogP contribution in [0, 0.1) is 6.92 Å². The molecule has 6 heteroatoms. The molecule has 19 heavy (non-hydrogen) atoms. The van der Waals surface area contributed by atoms with Gasteiger partial charge in [-0.25, -0.2) is 4.98 Å². The van der Waals surface area contributed by atoms with Gasteiger partial charge in [-0.05, 0) is 19.1 Å². The molecule has 0 saturated heterocycles. The highest BCUT2D eigenvalue weighted by molar-refractivity contribution is 6.29. The van der Waals surface area contributed by atoms with E-state index in [9.17, 15) is 10.2 Å². The van der Waals surface area contributed by atoms with Gasteiger partial charge in [0.25, 0.3) is 0 Å². The minimum Gasteiger partial charge on any atom is -0.506 e. The second-order valence-corrected chi connectivity index (χ2v) is 4.46. The highest BCUT2D eigenvalue weighted by atomic mass is 35.5. The molecule has 0 aromatic carbocycles. The fourth-order valence-corrected chi connectivity index (χ4v) is 1.89. The summed E-state index contributed by atoms with van der Waals surface area (Å²) in [6.07, 6.45) is 3.15. The van der Waals surface area contributed by atoms with Crippen LogP contribution in [0.1, 0.15) is 16.8 Å². The molecule has 0 amide bonds. The van der Waals surface area contributed by atoms with Crippen LogP contribution in [0.15, 0.2) is 24.5 Å². The van der Waals surface area contributed by atoms with Crippen LogP contribution in [-0.4, -0.2) is 20.2 Å². The smallest absolute Gasteiger partial charge is 0.142 e. The molecule has 0 unspecified atom stereocenters. The summed E-state index contributed by atoms with van der Waals surface area (Å²) in [4.78, 5) is 7.90. The van der Waals surface area contributed by atoms with E-state index >= 15 is 0 Å². The lowest BCUT2D eigenvalue weighted by Gasteiger charge is -2.13. The van der Waals surface area contributed by atoms with Gasteiger partial charge in [0.15, 0.2) is 0 Å². The molecule has 2 rings (SSSR count). The summed E-state index contributed by atoms with van der Waals surface area (Å²) >= 11 is 5.79. The van der Waals surface area contributed by atoms with E-state index in [4.69, 9.17) is 11.6 Å². The monoisotopic (exact) mass is 279 g/mol. The van der Waals surface area contributed by atoms with Gasteiger partial charge < -0.3 is 15.5 Å². The van der Waals surface area contributed by atoms with Crippen molar-refractivity contribution in [2.75, 3.05) is 5.32 Å². The van der Waals surface area contributed by atoms with Gasteiger partial charge in [-0.15, -0.1) is 0 Å². The Balaban J connectivity index is 2.21. The van der Waals surface area contributed by atoms with Crippen molar-refractivity contribution in [3.05, 3.63) is 46.5 Å². The fourth-order valence-electron chi connectivity index (χ4n) is 1.72. The van der Waals surface area contributed by atoms with Crippen molar-refractivity contribution in [2.24, 2.45) is 0 Å². The van der Waals surface area contributed by atoms with Crippen molar-refractivity contribution in [1.29, 1.82) is 0 Å². The first kappa shape index (κ1) is 13.6. The van der Waals surface area contributed by atoms with E-state index in [1.807, 2.05) is 0 Å². The third kappa shape index (κ3) is 3.13. The van der Waals surface area contributed by atoms with Gasteiger partial charge in [0.1, 0.15) is 10.9 Å². The molecule has 2 aromatic rings. The van der Waals surface area contributed by atoms with Crippen LogP contribution in [0.2, 0.25) is 5.15 Å². The molecule has 0 atom stereocenters. The lowest BCUT2D eigenvalue weighted by molar-refractivity contribution is 0.279. The second kappa shape index (κ2) is 5.86. The zero-order valence-electron chi connectivity index (χ0n) is 10.4. The minimum absolute atomic E-state index is 0.0965. The average Bonchev–Trinajstić information content (AvgIpc) is 2.40. The van der Waals surface area contributed by atoms with Crippen LogP contribution in [-0.2, 0) is 13.2 Å². The summed E-state index contributed by atoms with van der Waals surface area (Å²) in [5, 5.41) is 22.8. The summed E-state index contributed by atoms with van der Waals surface area (Å²) < 4.78 is 0. The lowest BCUT2D eigenvalue weighted by Crippen LogP contribution is -2.05. The molecular formula is C13H14ClN3O2. The molecule has 100 valence electrons. The van der Waals surface area contributed by atoms with Gasteiger partial charge in [-0.3, -0.25) is 4.98 Å². The van der Waals surface area contributed by atoms with Gasteiger partial charge in [-0.2, -0.15) is 0 Å². The summed E-state index contributed by atoms with van der Waals surface area (Å²) in [5.74, 6) is 0.0965. The zero-order valence-corrected chi connectivity index (χ0v) is 11.1. The number of anilines is 1. The van der Waals surface area contributed by atoms with Crippen LogP contribution in [0.5, 0.6) is 5.75 Å². The number of aliphatic hydroxyl groups excluding tert-OH is 1. The van der Waals surface area contributed by atoms with Gasteiger partial charge in [-0.1, -0.05) is 11.6 Å². The Morgan fingerprint density at radius 2 is 2.16 bits per heavy atom. The quantitative estimate of drug-likeness (QED) is 0.748. The third-order valence-corrected chi connectivity index (χ3v) is 3.00. The SMILES string of the molecule is Cc1ncc(CO)c(CNc2ccnc(Cl)c2)c1O. The number of aryl methyl sites for hydroxylation is 1. The van der Waals surface area contributed by atoms with E-state index in [-0.39, 0.29) is 12.4 Å². The number of pyridine rings is 2. The highest BCUT2D eigenvalue weighted by Crippen LogP contribution is 2.25. The molecule has 0 spiro atoms. The minimum atomic E-state index is -0.172. The van der Waals surface area contributed by atoms with E-state index in [1.165, 1.54) is 0 Å². The Morgan fingerprint density at radius 1 is 1.37 bits per heavy atom. The van der Waals surface area contributed by atoms with Crippen LogP contribution < -0.4 is 5.32 Å². The van der Waals surface area contributed by atoms with Crippen molar-refractivity contribution in [1.82, 2.24) is 9.97 Å². The summed E-state index contributed by atoms with van der Waals surface area (Å²) in [6.45, 7) is 1.91. The predicted molar refractivity (Wildman–Crippen MR) is 73.1 cm³/mol. The van der Waals surface area contributed by atoms with E-state index < -0.39 is 0 Å². The van der Waals surface area contributed by atoms with E-state index in [0.29, 0.717) is 28.5 Å². The molecule has 0 aliphatic rings. The van der Waals surface area contributed by atoms with Gasteiger partial charge in [0.05, 0.1) is 12.3 Å². The van der Waals surface area contributed by atoms with E-state index in [1.54, 1.807) is 31.5 Å². The van der Waals surface area contributed by atoms with Crippen LogP contribution in [0.25, 0.3) is 0 Å². The number of aromatic hydroxyl groups is 1. The topological polar surface area (TPSA) is 78.3 Å². The van der Waals surface area contributed by atoms with Crippen LogP contribution >= 0.6 is 11.6 Å². The van der Waals surface area contributed by atoms with Crippen molar-refractivity contribution in [3.63, 3.8) is 0 Å². The molecule has 3 N–H and O–H groups in total. The molecule has 5 nitrogen and oxygen atoms in total. The fraction of sp³-hybridized carbons (Fsp3) is 0.231. The van der Waals surface area contributed by atoms with Crippen molar-refractivity contribution in [3.8, 4) is 5.75 Å². The summed E-state index contributed by atoms with van der Waals surface area (Å²) in [6, 6.07) is 3.46. The van der Waals surface area contributed by atoms with Crippen LogP contribution in [0.4, 0.5) is 5.69 Å². The number of nitrogens with one attached hydrogen (secondary N) is 1. The number of rotatable bonds is 4. The molecule has 0 bridgehead atoms. The predicted octanol–water partition coefficient (Wildman–Crippen LogP) is 2.25. The maximum atomic E-state index is 9.99. The third-order valence-electron chi connectivity index (χ3n) is 2.80. The van der Waals surface area contributed by atoms with Gasteiger partial charge >= 0.3 is 0 Å². The Hall–Kier alpha value is -1.85. The zero-order chi connectivity index (χ0) is 13.8. The van der Waals surface area contributed by atoms with Crippen molar-refractivity contribution < 1.29 is 10.2 Å². The Kier molecular flexibility index (Phi) is 4.19. The first-order chi connectivity index (χ1) is 9.11.